The smallest absolute Gasteiger partial charge is 0.163 e. The van der Waals surface area contributed by atoms with Gasteiger partial charge in [-0.1, -0.05) is 11.6 Å². The number of aliphatic hydroxyl groups excluding tert-OH is 1. The molecule has 1 aliphatic heterocycles. The van der Waals surface area contributed by atoms with E-state index >= 15 is 0 Å². The van der Waals surface area contributed by atoms with E-state index in [9.17, 15) is 5.11 Å². The lowest BCUT2D eigenvalue weighted by atomic mass is 9.97. The molecule has 13 heavy (non-hydrogen) atoms. The Morgan fingerprint density at radius 2 is 2.46 bits per heavy atom. The minimum absolute atomic E-state index is 0.0597. The van der Waals surface area contributed by atoms with Crippen LogP contribution in [0.4, 0.5) is 0 Å². The van der Waals surface area contributed by atoms with Crippen LogP contribution in [0.1, 0.15) is 11.5 Å². The molecular formula is C8H7BrClNO2. The van der Waals surface area contributed by atoms with Gasteiger partial charge in [-0.3, -0.25) is 0 Å². The first-order chi connectivity index (χ1) is 6.20. The number of aliphatic hydroxyl groups is 1. The topological polar surface area (TPSA) is 42.4 Å². The maximum Gasteiger partial charge on any atom is 0.163 e. The second-order valence-corrected chi connectivity index (χ2v) is 3.99. The van der Waals surface area contributed by atoms with Gasteiger partial charge in [-0.15, -0.1) is 0 Å². The van der Waals surface area contributed by atoms with E-state index in [0.29, 0.717) is 16.2 Å². The van der Waals surface area contributed by atoms with Crippen molar-refractivity contribution in [3.63, 3.8) is 0 Å². The first-order valence-corrected chi connectivity index (χ1v) is 4.97. The van der Waals surface area contributed by atoms with Crippen molar-refractivity contribution in [3.8, 4) is 0 Å². The Labute approximate surface area is 88.8 Å². The van der Waals surface area contributed by atoms with Gasteiger partial charge in [-0.25, -0.2) is 4.98 Å². The van der Waals surface area contributed by atoms with Gasteiger partial charge in [0.25, 0.3) is 0 Å². The van der Waals surface area contributed by atoms with Gasteiger partial charge in [0, 0.05) is 16.8 Å². The molecule has 3 nitrogen and oxygen atoms in total. The summed E-state index contributed by atoms with van der Waals surface area (Å²) in [6.45, 7) is 0.491. The molecule has 1 N–H and O–H groups in total. The van der Waals surface area contributed by atoms with E-state index in [0.717, 1.165) is 5.56 Å². The molecule has 1 aromatic heterocycles. The van der Waals surface area contributed by atoms with E-state index in [1.807, 2.05) is 0 Å². The molecule has 1 saturated heterocycles. The summed E-state index contributed by atoms with van der Waals surface area (Å²) in [6.07, 6.45) is 0.861. The van der Waals surface area contributed by atoms with Gasteiger partial charge in [0.1, 0.15) is 4.60 Å². The van der Waals surface area contributed by atoms with Gasteiger partial charge in [0.05, 0.1) is 12.5 Å². The normalized spacial score (nSPS) is 27.0. The standard InChI is InChI=1S/C8H7BrClNO2/c9-7-6(4-3-13-8(4)12)5(10)1-2-11-7/h1-2,4,8,12H,3H2. The average Bonchev–Trinajstić information content (AvgIpc) is 2.09. The fraction of sp³-hybridized carbons (Fsp3) is 0.375. The minimum Gasteiger partial charge on any atom is -0.367 e. The SMILES string of the molecule is OC1OCC1c1c(Cl)ccnc1Br. The van der Waals surface area contributed by atoms with Crippen LogP contribution in [0.2, 0.25) is 5.02 Å². The highest BCUT2D eigenvalue weighted by Crippen LogP contribution is 2.37. The lowest BCUT2D eigenvalue weighted by Crippen LogP contribution is -2.37. The molecule has 0 bridgehead atoms. The van der Waals surface area contributed by atoms with Crippen molar-refractivity contribution in [1.82, 2.24) is 4.98 Å². The summed E-state index contributed by atoms with van der Waals surface area (Å²) < 4.78 is 5.53. The Hall–Kier alpha value is -0.160. The van der Waals surface area contributed by atoms with Crippen molar-refractivity contribution in [2.24, 2.45) is 0 Å². The number of rotatable bonds is 1. The van der Waals surface area contributed by atoms with Gasteiger partial charge < -0.3 is 9.84 Å². The van der Waals surface area contributed by atoms with E-state index in [4.69, 9.17) is 16.3 Å². The quantitative estimate of drug-likeness (QED) is 0.788. The molecule has 0 aliphatic carbocycles. The molecular weight excluding hydrogens is 257 g/mol. The zero-order valence-electron chi connectivity index (χ0n) is 6.58. The maximum absolute atomic E-state index is 9.28. The molecule has 1 aromatic rings. The van der Waals surface area contributed by atoms with Crippen molar-refractivity contribution in [2.75, 3.05) is 6.61 Å². The molecule has 1 fully saturated rings. The van der Waals surface area contributed by atoms with Crippen LogP contribution in [0.25, 0.3) is 0 Å². The largest absolute Gasteiger partial charge is 0.367 e. The lowest BCUT2D eigenvalue weighted by Gasteiger charge is -2.33. The predicted molar refractivity (Wildman–Crippen MR) is 51.6 cm³/mol. The van der Waals surface area contributed by atoms with E-state index in [-0.39, 0.29) is 5.92 Å². The number of hydrogen-bond acceptors (Lipinski definition) is 3. The number of pyridine rings is 1. The first-order valence-electron chi connectivity index (χ1n) is 3.79. The highest BCUT2D eigenvalue weighted by Gasteiger charge is 2.34. The molecule has 0 saturated carbocycles. The molecule has 2 unspecified atom stereocenters. The van der Waals surface area contributed by atoms with Crippen molar-refractivity contribution < 1.29 is 9.84 Å². The van der Waals surface area contributed by atoms with Crippen LogP contribution < -0.4 is 0 Å². The minimum atomic E-state index is -0.752. The number of hydrogen-bond donors (Lipinski definition) is 1. The Balaban J connectivity index is 2.38. The Kier molecular flexibility index (Phi) is 2.55. The van der Waals surface area contributed by atoms with Crippen LogP contribution in [0.3, 0.4) is 0 Å². The van der Waals surface area contributed by atoms with Gasteiger partial charge >= 0.3 is 0 Å². The zero-order chi connectivity index (χ0) is 9.42. The summed E-state index contributed by atoms with van der Waals surface area (Å²) in [5.74, 6) is -0.0597. The monoisotopic (exact) mass is 263 g/mol. The van der Waals surface area contributed by atoms with Crippen LogP contribution in [0, 0.1) is 0 Å². The predicted octanol–water partition coefficient (Wildman–Crippen LogP) is 1.93. The summed E-state index contributed by atoms with van der Waals surface area (Å²) in [6, 6.07) is 1.70. The molecule has 1 aliphatic rings. The lowest BCUT2D eigenvalue weighted by molar-refractivity contribution is -0.202. The molecule has 0 radical (unpaired) electrons. The van der Waals surface area contributed by atoms with Crippen LogP contribution in [0.5, 0.6) is 0 Å². The average molecular weight is 265 g/mol. The molecule has 2 atom stereocenters. The van der Waals surface area contributed by atoms with E-state index in [1.165, 1.54) is 0 Å². The van der Waals surface area contributed by atoms with Crippen LogP contribution in [0.15, 0.2) is 16.9 Å². The summed E-state index contributed by atoms with van der Waals surface area (Å²) >= 11 is 9.25. The Bertz CT molecular complexity index is 314. The first kappa shape index (κ1) is 9.40. The van der Waals surface area contributed by atoms with Crippen molar-refractivity contribution >= 4 is 27.5 Å². The van der Waals surface area contributed by atoms with Crippen LogP contribution in [-0.4, -0.2) is 23.0 Å². The summed E-state index contributed by atoms with van der Waals surface area (Å²) in [7, 11) is 0. The van der Waals surface area contributed by atoms with E-state index < -0.39 is 6.29 Å². The zero-order valence-corrected chi connectivity index (χ0v) is 8.92. The maximum atomic E-state index is 9.28. The second kappa shape index (κ2) is 3.53. The summed E-state index contributed by atoms with van der Waals surface area (Å²) in [4.78, 5) is 4.04. The van der Waals surface area contributed by atoms with Crippen molar-refractivity contribution in [1.29, 1.82) is 0 Å². The molecule has 0 spiro atoms. The van der Waals surface area contributed by atoms with Gasteiger partial charge in [-0.2, -0.15) is 0 Å². The molecule has 0 amide bonds. The fourth-order valence-electron chi connectivity index (χ4n) is 1.26. The Morgan fingerprint density at radius 1 is 1.69 bits per heavy atom. The number of aromatic nitrogens is 1. The third-order valence-electron chi connectivity index (χ3n) is 2.05. The third kappa shape index (κ3) is 1.59. The Morgan fingerprint density at radius 3 is 2.92 bits per heavy atom. The van der Waals surface area contributed by atoms with Gasteiger partial charge in [0.2, 0.25) is 0 Å². The van der Waals surface area contributed by atoms with E-state index in [2.05, 4.69) is 20.9 Å². The van der Waals surface area contributed by atoms with Crippen molar-refractivity contribution in [2.45, 2.75) is 12.2 Å². The molecule has 70 valence electrons. The third-order valence-corrected chi connectivity index (χ3v) is 3.01. The summed E-state index contributed by atoms with van der Waals surface area (Å²) in [5, 5.41) is 9.89. The number of nitrogens with zero attached hydrogens (tertiary/aromatic N) is 1. The van der Waals surface area contributed by atoms with Gasteiger partial charge in [-0.05, 0) is 22.0 Å². The fourth-order valence-corrected chi connectivity index (χ4v) is 2.29. The molecule has 2 rings (SSSR count). The van der Waals surface area contributed by atoms with Crippen LogP contribution >= 0.6 is 27.5 Å². The second-order valence-electron chi connectivity index (χ2n) is 2.83. The van der Waals surface area contributed by atoms with Crippen molar-refractivity contribution in [3.05, 3.63) is 27.5 Å². The van der Waals surface area contributed by atoms with Gasteiger partial charge in [0.15, 0.2) is 6.29 Å². The summed E-state index contributed by atoms with van der Waals surface area (Å²) in [5.41, 5.74) is 0.822. The van der Waals surface area contributed by atoms with Crippen LogP contribution in [-0.2, 0) is 4.74 Å². The van der Waals surface area contributed by atoms with E-state index in [1.54, 1.807) is 12.3 Å². The highest BCUT2D eigenvalue weighted by molar-refractivity contribution is 9.10. The highest BCUT2D eigenvalue weighted by atomic mass is 79.9. The molecule has 2 heterocycles. The number of halogens is 2. The number of ether oxygens (including phenoxy) is 1. The molecule has 5 heteroatoms. The molecule has 0 aromatic carbocycles.